The van der Waals surface area contributed by atoms with Crippen LogP contribution in [0.15, 0.2) is 18.2 Å². The number of carbonyl (C=O) groups is 2. The van der Waals surface area contributed by atoms with Crippen LogP contribution in [0.25, 0.3) is 0 Å². The zero-order valence-corrected chi connectivity index (χ0v) is 12.2. The fourth-order valence-electron chi connectivity index (χ4n) is 1.65. The van der Waals surface area contributed by atoms with E-state index in [1.807, 2.05) is 20.8 Å². The lowest BCUT2D eigenvalue weighted by Gasteiger charge is -2.21. The van der Waals surface area contributed by atoms with Crippen LogP contribution in [0.2, 0.25) is 0 Å². The van der Waals surface area contributed by atoms with Crippen LogP contribution in [0.1, 0.15) is 31.1 Å². The number of nitrogen functional groups attached to an aromatic ring is 1. The first-order valence-corrected chi connectivity index (χ1v) is 6.26. The molecule has 0 aliphatic rings. The number of hydrogen-bond acceptors (Lipinski definition) is 5. The zero-order chi connectivity index (χ0) is 15.3. The third-order valence-corrected chi connectivity index (χ3v) is 2.47. The van der Waals surface area contributed by atoms with Crippen molar-refractivity contribution in [2.24, 2.45) is 0 Å². The Morgan fingerprint density at radius 2 is 1.95 bits per heavy atom. The fraction of sp³-hybridized carbons (Fsp3) is 0.429. The molecule has 0 aliphatic heterocycles. The predicted molar refractivity (Wildman–Crippen MR) is 78.6 cm³/mol. The molecule has 0 spiro atoms. The Morgan fingerprint density at radius 1 is 1.30 bits per heavy atom. The highest BCUT2D eigenvalue weighted by atomic mass is 16.5. The number of nitrogens with one attached hydrogen (secondary N) is 2. The summed E-state index contributed by atoms with van der Waals surface area (Å²) < 4.78 is 4.64. The van der Waals surface area contributed by atoms with Gasteiger partial charge in [0.1, 0.15) is 0 Å². The fourth-order valence-corrected chi connectivity index (χ4v) is 1.65. The normalized spacial score (nSPS) is 10.8. The van der Waals surface area contributed by atoms with Crippen LogP contribution in [-0.4, -0.2) is 31.1 Å². The second-order valence-corrected chi connectivity index (χ2v) is 5.41. The van der Waals surface area contributed by atoms with Gasteiger partial charge >= 0.3 is 5.97 Å². The van der Waals surface area contributed by atoms with E-state index in [1.54, 1.807) is 18.2 Å². The summed E-state index contributed by atoms with van der Waals surface area (Å²) in [6.07, 6.45) is 0. The molecule has 0 fully saturated rings. The lowest BCUT2D eigenvalue weighted by molar-refractivity contribution is -0.120. The van der Waals surface area contributed by atoms with E-state index in [4.69, 9.17) is 5.73 Å². The average molecular weight is 279 g/mol. The number of carbonyl (C=O) groups excluding carboxylic acids is 2. The van der Waals surface area contributed by atoms with Gasteiger partial charge in [-0.2, -0.15) is 0 Å². The number of nitrogens with two attached hydrogens (primary N) is 1. The monoisotopic (exact) mass is 279 g/mol. The van der Waals surface area contributed by atoms with Crippen LogP contribution >= 0.6 is 0 Å². The van der Waals surface area contributed by atoms with E-state index in [1.165, 1.54) is 7.11 Å². The highest BCUT2D eigenvalue weighted by Crippen LogP contribution is 2.23. The van der Waals surface area contributed by atoms with Crippen molar-refractivity contribution in [1.29, 1.82) is 0 Å². The summed E-state index contributed by atoms with van der Waals surface area (Å²) in [6, 6.07) is 4.94. The van der Waals surface area contributed by atoms with Gasteiger partial charge in [-0.15, -0.1) is 0 Å². The first-order valence-electron chi connectivity index (χ1n) is 6.26. The summed E-state index contributed by atoms with van der Waals surface area (Å²) in [7, 11) is 1.29. The van der Waals surface area contributed by atoms with Crippen molar-refractivity contribution in [3.8, 4) is 0 Å². The van der Waals surface area contributed by atoms with Gasteiger partial charge in [0.25, 0.3) is 0 Å². The average Bonchev–Trinajstić information content (AvgIpc) is 2.34. The van der Waals surface area contributed by atoms with Crippen LogP contribution < -0.4 is 16.4 Å². The van der Waals surface area contributed by atoms with Gasteiger partial charge in [0.2, 0.25) is 5.91 Å². The van der Waals surface area contributed by atoms with Gasteiger partial charge in [-0.3, -0.25) is 4.79 Å². The summed E-state index contributed by atoms with van der Waals surface area (Å²) in [5, 5.41) is 5.73. The van der Waals surface area contributed by atoms with Gasteiger partial charge in [-0.1, -0.05) is 6.07 Å². The van der Waals surface area contributed by atoms with E-state index in [9.17, 15) is 9.59 Å². The van der Waals surface area contributed by atoms with E-state index in [-0.39, 0.29) is 29.2 Å². The number of esters is 1. The second kappa shape index (κ2) is 6.27. The summed E-state index contributed by atoms with van der Waals surface area (Å²) in [5.41, 5.74) is 6.65. The van der Waals surface area contributed by atoms with Crippen molar-refractivity contribution in [1.82, 2.24) is 5.32 Å². The number of rotatable bonds is 4. The smallest absolute Gasteiger partial charge is 0.340 e. The van der Waals surface area contributed by atoms with E-state index in [0.29, 0.717) is 5.69 Å². The molecule has 0 saturated carbocycles. The molecule has 4 N–H and O–H groups in total. The predicted octanol–water partition coefficient (Wildman–Crippen LogP) is 1.38. The van der Waals surface area contributed by atoms with Crippen molar-refractivity contribution < 1.29 is 14.3 Å². The van der Waals surface area contributed by atoms with Crippen LogP contribution in [0, 0.1) is 0 Å². The molecule has 0 aromatic heterocycles. The minimum atomic E-state index is -0.509. The molecule has 1 aromatic carbocycles. The quantitative estimate of drug-likeness (QED) is 0.572. The molecule has 6 heteroatoms. The molecule has 0 unspecified atom stereocenters. The standard InChI is InChI=1S/C14H21N3O3/c1-14(2,3)17-11(18)8-16-10-7-5-6-9(12(10)15)13(19)20-4/h5-7,16H,8,15H2,1-4H3,(H,17,18). The van der Waals surface area contributed by atoms with E-state index >= 15 is 0 Å². The summed E-state index contributed by atoms with van der Waals surface area (Å²) in [4.78, 5) is 23.2. The Hall–Kier alpha value is -2.24. The highest BCUT2D eigenvalue weighted by molar-refractivity contribution is 5.98. The number of methoxy groups -OCH3 is 1. The molecular weight excluding hydrogens is 258 g/mol. The number of amides is 1. The van der Waals surface area contributed by atoms with Gasteiger partial charge in [-0.25, -0.2) is 4.79 Å². The Balaban J connectivity index is 2.74. The van der Waals surface area contributed by atoms with Crippen molar-refractivity contribution in [2.45, 2.75) is 26.3 Å². The molecule has 0 heterocycles. The van der Waals surface area contributed by atoms with Gasteiger partial charge in [0.15, 0.2) is 0 Å². The van der Waals surface area contributed by atoms with Crippen LogP contribution in [-0.2, 0) is 9.53 Å². The molecule has 1 rings (SSSR count). The van der Waals surface area contributed by atoms with Gasteiger partial charge in [0.05, 0.1) is 30.6 Å². The molecule has 0 atom stereocenters. The second-order valence-electron chi connectivity index (χ2n) is 5.41. The zero-order valence-electron chi connectivity index (χ0n) is 12.2. The molecule has 110 valence electrons. The van der Waals surface area contributed by atoms with E-state index in [0.717, 1.165) is 0 Å². The van der Waals surface area contributed by atoms with Crippen molar-refractivity contribution in [3.63, 3.8) is 0 Å². The molecule has 6 nitrogen and oxygen atoms in total. The Kier molecular flexibility index (Phi) is 4.96. The van der Waals surface area contributed by atoms with E-state index in [2.05, 4.69) is 15.4 Å². The number of hydrogen-bond donors (Lipinski definition) is 3. The molecular formula is C14H21N3O3. The molecule has 0 bridgehead atoms. The van der Waals surface area contributed by atoms with E-state index < -0.39 is 5.97 Å². The lowest BCUT2D eigenvalue weighted by Crippen LogP contribution is -2.43. The van der Waals surface area contributed by atoms with Crippen LogP contribution in [0.4, 0.5) is 11.4 Å². The Morgan fingerprint density at radius 3 is 2.50 bits per heavy atom. The van der Waals surface area contributed by atoms with Crippen molar-refractivity contribution in [3.05, 3.63) is 23.8 Å². The third-order valence-electron chi connectivity index (χ3n) is 2.47. The van der Waals surface area contributed by atoms with Crippen LogP contribution in [0.3, 0.4) is 0 Å². The van der Waals surface area contributed by atoms with Gasteiger partial charge in [-0.05, 0) is 32.9 Å². The van der Waals surface area contributed by atoms with Crippen molar-refractivity contribution >= 4 is 23.3 Å². The Labute approximate surface area is 118 Å². The maximum atomic E-state index is 11.7. The molecule has 1 aromatic rings. The molecule has 20 heavy (non-hydrogen) atoms. The summed E-state index contributed by atoms with van der Waals surface area (Å²) in [5.74, 6) is -0.661. The lowest BCUT2D eigenvalue weighted by atomic mass is 10.1. The SMILES string of the molecule is COC(=O)c1cccc(NCC(=O)NC(C)(C)C)c1N. The maximum Gasteiger partial charge on any atom is 0.340 e. The highest BCUT2D eigenvalue weighted by Gasteiger charge is 2.15. The largest absolute Gasteiger partial charge is 0.465 e. The number of ether oxygens (including phenoxy) is 1. The first-order chi connectivity index (χ1) is 9.24. The Bertz CT molecular complexity index is 507. The molecule has 0 radical (unpaired) electrons. The number of para-hydroxylation sites is 1. The molecule has 1 amide bonds. The van der Waals surface area contributed by atoms with Crippen LogP contribution in [0.5, 0.6) is 0 Å². The topological polar surface area (TPSA) is 93.4 Å². The minimum Gasteiger partial charge on any atom is -0.465 e. The minimum absolute atomic E-state index is 0.0755. The van der Waals surface area contributed by atoms with Crippen molar-refractivity contribution in [2.75, 3.05) is 24.7 Å². The van der Waals surface area contributed by atoms with Gasteiger partial charge < -0.3 is 21.1 Å². The molecule has 0 aliphatic carbocycles. The first kappa shape index (κ1) is 15.8. The summed E-state index contributed by atoms with van der Waals surface area (Å²) in [6.45, 7) is 5.78. The number of anilines is 2. The van der Waals surface area contributed by atoms with Gasteiger partial charge in [0, 0.05) is 5.54 Å². The number of benzene rings is 1. The maximum absolute atomic E-state index is 11.7. The summed E-state index contributed by atoms with van der Waals surface area (Å²) >= 11 is 0. The third kappa shape index (κ3) is 4.46. The molecule has 0 saturated heterocycles.